The van der Waals surface area contributed by atoms with Crippen molar-refractivity contribution in [1.82, 2.24) is 15.2 Å². The molecule has 35 heavy (non-hydrogen) atoms. The second-order valence-electron chi connectivity index (χ2n) is 7.68. The number of halogens is 1. The Labute approximate surface area is 212 Å². The van der Waals surface area contributed by atoms with Gasteiger partial charge in [-0.1, -0.05) is 78.8 Å². The minimum absolute atomic E-state index is 0.371. The highest BCUT2D eigenvalue weighted by atomic mass is 35.5. The SMILES string of the molecule is CCSc1nnc2c(n1)O[C@H](c1cc(Cl)c(OCc3ccccc3)c(OC)c1)Nc1ccccc1-2. The van der Waals surface area contributed by atoms with Crippen LogP contribution in [-0.4, -0.2) is 28.0 Å². The van der Waals surface area contributed by atoms with Crippen LogP contribution in [0.4, 0.5) is 5.69 Å². The van der Waals surface area contributed by atoms with Gasteiger partial charge in [-0.25, -0.2) is 0 Å². The van der Waals surface area contributed by atoms with Gasteiger partial charge in [0.25, 0.3) is 0 Å². The molecule has 178 valence electrons. The normalized spacial score (nSPS) is 14.1. The maximum atomic E-state index is 6.68. The first-order valence-electron chi connectivity index (χ1n) is 11.1. The predicted molar refractivity (Wildman–Crippen MR) is 137 cm³/mol. The molecule has 1 aliphatic rings. The highest BCUT2D eigenvalue weighted by Crippen LogP contribution is 2.43. The number of thioether (sulfide) groups is 1. The molecule has 1 atom stereocenters. The Kier molecular flexibility index (Phi) is 6.92. The van der Waals surface area contributed by atoms with Crippen LogP contribution in [-0.2, 0) is 6.61 Å². The van der Waals surface area contributed by atoms with E-state index < -0.39 is 6.23 Å². The summed E-state index contributed by atoms with van der Waals surface area (Å²) in [4.78, 5) is 4.62. The summed E-state index contributed by atoms with van der Waals surface area (Å²) < 4.78 is 18.0. The molecule has 0 amide bonds. The molecule has 1 aromatic heterocycles. The van der Waals surface area contributed by atoms with Crippen LogP contribution in [0, 0.1) is 0 Å². The zero-order chi connectivity index (χ0) is 24.2. The van der Waals surface area contributed by atoms with E-state index in [1.54, 1.807) is 7.11 Å². The van der Waals surface area contributed by atoms with Gasteiger partial charge in [-0.05, 0) is 29.5 Å². The summed E-state index contributed by atoms with van der Waals surface area (Å²) in [6.07, 6.45) is -0.594. The Morgan fingerprint density at radius 1 is 1.06 bits per heavy atom. The van der Waals surface area contributed by atoms with Crippen molar-refractivity contribution in [2.75, 3.05) is 18.2 Å². The van der Waals surface area contributed by atoms with Crippen molar-refractivity contribution in [3.63, 3.8) is 0 Å². The van der Waals surface area contributed by atoms with Gasteiger partial charge < -0.3 is 19.5 Å². The number of nitrogens with zero attached hydrogens (tertiary/aromatic N) is 3. The summed E-state index contributed by atoms with van der Waals surface area (Å²) >= 11 is 8.18. The number of methoxy groups -OCH3 is 1. The van der Waals surface area contributed by atoms with Gasteiger partial charge in [-0.15, -0.1) is 10.2 Å². The van der Waals surface area contributed by atoms with Crippen molar-refractivity contribution in [3.8, 4) is 28.6 Å². The Balaban J connectivity index is 1.50. The van der Waals surface area contributed by atoms with Crippen LogP contribution < -0.4 is 19.5 Å². The Hall–Kier alpha value is -3.49. The maximum Gasteiger partial charge on any atom is 0.247 e. The average Bonchev–Trinajstić information content (AvgIpc) is 3.05. The van der Waals surface area contributed by atoms with E-state index in [2.05, 4.69) is 20.5 Å². The van der Waals surface area contributed by atoms with E-state index in [0.717, 1.165) is 28.1 Å². The van der Waals surface area contributed by atoms with Crippen LogP contribution in [0.25, 0.3) is 11.3 Å². The number of ether oxygens (including phenoxy) is 3. The largest absolute Gasteiger partial charge is 0.493 e. The Morgan fingerprint density at radius 2 is 1.86 bits per heavy atom. The molecule has 0 saturated carbocycles. The summed E-state index contributed by atoms with van der Waals surface area (Å²) in [6, 6.07) is 21.4. The second kappa shape index (κ2) is 10.4. The third kappa shape index (κ3) is 4.99. The average molecular weight is 507 g/mol. The molecule has 4 aromatic rings. The van der Waals surface area contributed by atoms with E-state index >= 15 is 0 Å². The summed E-state index contributed by atoms with van der Waals surface area (Å²) in [6.45, 7) is 2.41. The molecule has 3 aromatic carbocycles. The van der Waals surface area contributed by atoms with E-state index in [9.17, 15) is 0 Å². The molecule has 0 fully saturated rings. The van der Waals surface area contributed by atoms with Gasteiger partial charge in [0.05, 0.1) is 12.1 Å². The highest BCUT2D eigenvalue weighted by Gasteiger charge is 2.27. The van der Waals surface area contributed by atoms with Crippen molar-refractivity contribution in [2.24, 2.45) is 0 Å². The number of aromatic nitrogens is 3. The van der Waals surface area contributed by atoms with E-state index in [0.29, 0.717) is 39.9 Å². The van der Waals surface area contributed by atoms with Gasteiger partial charge in [0.1, 0.15) is 6.61 Å². The lowest BCUT2D eigenvalue weighted by molar-refractivity contribution is 0.224. The smallest absolute Gasteiger partial charge is 0.247 e. The second-order valence-corrected chi connectivity index (χ2v) is 9.32. The number of fused-ring (bicyclic) bond motifs is 3. The zero-order valence-corrected chi connectivity index (χ0v) is 20.8. The van der Waals surface area contributed by atoms with Crippen molar-refractivity contribution in [1.29, 1.82) is 0 Å². The van der Waals surface area contributed by atoms with Gasteiger partial charge in [-0.3, -0.25) is 0 Å². The van der Waals surface area contributed by atoms with Gasteiger partial charge in [0.15, 0.2) is 23.4 Å². The molecule has 0 bridgehead atoms. The monoisotopic (exact) mass is 506 g/mol. The maximum absolute atomic E-state index is 6.68. The summed E-state index contributed by atoms with van der Waals surface area (Å²) in [5.41, 5.74) is 4.08. The molecule has 0 spiro atoms. The quantitative estimate of drug-likeness (QED) is 0.289. The Morgan fingerprint density at radius 3 is 2.66 bits per heavy atom. The van der Waals surface area contributed by atoms with Crippen molar-refractivity contribution < 1.29 is 14.2 Å². The molecule has 7 nitrogen and oxygen atoms in total. The number of nitrogens with one attached hydrogen (secondary N) is 1. The van der Waals surface area contributed by atoms with Gasteiger partial charge in [-0.2, -0.15) is 4.98 Å². The fourth-order valence-electron chi connectivity index (χ4n) is 3.75. The lowest BCUT2D eigenvalue weighted by Gasteiger charge is -2.21. The van der Waals surface area contributed by atoms with Gasteiger partial charge in [0, 0.05) is 16.8 Å². The number of benzene rings is 3. The third-order valence-corrected chi connectivity index (χ3v) is 6.39. The molecule has 1 N–H and O–H groups in total. The van der Waals surface area contributed by atoms with E-state index in [-0.39, 0.29) is 0 Å². The number of rotatable bonds is 7. The van der Waals surface area contributed by atoms with E-state index in [1.165, 1.54) is 11.8 Å². The molecule has 5 rings (SSSR count). The predicted octanol–water partition coefficient (Wildman–Crippen LogP) is 6.39. The number of hydrogen-bond acceptors (Lipinski definition) is 8. The lowest BCUT2D eigenvalue weighted by Crippen LogP contribution is -2.17. The molecular formula is C26H23ClN4O3S. The van der Waals surface area contributed by atoms with Crippen LogP contribution >= 0.6 is 23.4 Å². The first kappa shape index (κ1) is 23.3. The van der Waals surface area contributed by atoms with Crippen LogP contribution in [0.1, 0.15) is 24.3 Å². The minimum Gasteiger partial charge on any atom is -0.493 e. The van der Waals surface area contributed by atoms with E-state index in [4.69, 9.17) is 25.8 Å². The summed E-state index contributed by atoms with van der Waals surface area (Å²) in [5.74, 6) is 2.21. The molecule has 9 heteroatoms. The summed E-state index contributed by atoms with van der Waals surface area (Å²) in [5, 5.41) is 13.1. The third-order valence-electron chi connectivity index (χ3n) is 5.39. The number of hydrogen-bond donors (Lipinski definition) is 1. The molecule has 0 radical (unpaired) electrons. The first-order valence-corrected chi connectivity index (χ1v) is 12.5. The number of para-hydroxylation sites is 1. The van der Waals surface area contributed by atoms with Crippen LogP contribution in [0.2, 0.25) is 5.02 Å². The van der Waals surface area contributed by atoms with E-state index in [1.807, 2.05) is 73.7 Å². The highest BCUT2D eigenvalue weighted by molar-refractivity contribution is 7.99. The molecule has 0 aliphatic carbocycles. The standard InChI is InChI=1S/C26H23ClN4O3S/c1-3-35-26-29-25-22(30-31-26)18-11-7-8-12-20(18)28-24(34-25)17-13-19(27)23(21(14-17)32-2)33-15-16-9-5-4-6-10-16/h4-14,24,28H,3,15H2,1-2H3/t24-/m1/s1. The summed E-state index contributed by atoms with van der Waals surface area (Å²) in [7, 11) is 1.59. The topological polar surface area (TPSA) is 78.4 Å². The van der Waals surface area contributed by atoms with Crippen LogP contribution in [0.15, 0.2) is 71.9 Å². The zero-order valence-electron chi connectivity index (χ0n) is 19.2. The molecule has 0 unspecified atom stereocenters. The minimum atomic E-state index is -0.594. The van der Waals surface area contributed by atoms with Crippen LogP contribution in [0.3, 0.4) is 0 Å². The Bertz CT molecular complexity index is 1340. The molecule has 0 saturated heterocycles. The number of anilines is 1. The van der Waals surface area contributed by atoms with Crippen LogP contribution in [0.5, 0.6) is 17.4 Å². The molecular weight excluding hydrogens is 484 g/mol. The first-order chi connectivity index (χ1) is 17.2. The van der Waals surface area contributed by atoms with Crippen molar-refractivity contribution in [2.45, 2.75) is 24.9 Å². The van der Waals surface area contributed by atoms with Crippen molar-refractivity contribution >= 4 is 29.1 Å². The molecule has 2 heterocycles. The van der Waals surface area contributed by atoms with Gasteiger partial charge >= 0.3 is 0 Å². The van der Waals surface area contributed by atoms with Gasteiger partial charge in [0.2, 0.25) is 11.0 Å². The fourth-order valence-corrected chi connectivity index (χ4v) is 4.53. The fraction of sp³-hybridized carbons (Fsp3) is 0.192. The molecule has 1 aliphatic heterocycles. The van der Waals surface area contributed by atoms with Crippen molar-refractivity contribution in [3.05, 3.63) is 82.9 Å². The lowest BCUT2D eigenvalue weighted by atomic mass is 10.1.